The van der Waals surface area contributed by atoms with E-state index in [1.54, 1.807) is 0 Å². The zero-order chi connectivity index (χ0) is 15.1. The number of nitrogens with one attached hydrogen (secondary N) is 1. The van der Waals surface area contributed by atoms with E-state index < -0.39 is 23.9 Å². The molecule has 0 heterocycles. The molecule has 0 saturated heterocycles. The first-order valence-electron chi connectivity index (χ1n) is 5.83. The number of methoxy groups -OCH3 is 1. The van der Waals surface area contributed by atoms with Gasteiger partial charge in [0.25, 0.3) is 5.91 Å². The van der Waals surface area contributed by atoms with E-state index in [1.165, 1.54) is 31.4 Å². The highest BCUT2D eigenvalue weighted by Crippen LogP contribution is 2.11. The van der Waals surface area contributed by atoms with Crippen LogP contribution in [-0.4, -0.2) is 41.2 Å². The lowest BCUT2D eigenvalue weighted by Crippen LogP contribution is -2.41. The highest BCUT2D eigenvalue weighted by Gasteiger charge is 2.21. The standard InChI is InChI=1S/C13H15NO6/c1-20-11(16)6-5-10(13(18)19)14-12(17)8-3-2-4-9(15)7-8/h2-4,7,10,15H,5-6H2,1H3,(H,14,17)(H,18,19)/t10-/m0/s1. The molecule has 7 nitrogen and oxygen atoms in total. The van der Waals surface area contributed by atoms with Crippen LogP contribution in [0.3, 0.4) is 0 Å². The smallest absolute Gasteiger partial charge is 0.326 e. The number of rotatable bonds is 6. The van der Waals surface area contributed by atoms with Crippen molar-refractivity contribution in [2.24, 2.45) is 0 Å². The monoisotopic (exact) mass is 281 g/mol. The van der Waals surface area contributed by atoms with Gasteiger partial charge in [0.1, 0.15) is 11.8 Å². The normalized spacial score (nSPS) is 11.4. The molecule has 1 amide bonds. The van der Waals surface area contributed by atoms with Crippen molar-refractivity contribution >= 4 is 17.8 Å². The molecule has 1 aromatic rings. The number of carboxylic acid groups (broad SMARTS) is 1. The zero-order valence-corrected chi connectivity index (χ0v) is 10.8. The zero-order valence-electron chi connectivity index (χ0n) is 10.8. The highest BCUT2D eigenvalue weighted by molar-refractivity contribution is 5.96. The minimum Gasteiger partial charge on any atom is -0.508 e. The van der Waals surface area contributed by atoms with Crippen molar-refractivity contribution in [3.8, 4) is 5.75 Å². The Morgan fingerprint density at radius 2 is 2.05 bits per heavy atom. The molecular weight excluding hydrogens is 266 g/mol. The molecule has 0 spiro atoms. The average Bonchev–Trinajstić information content (AvgIpc) is 2.42. The summed E-state index contributed by atoms with van der Waals surface area (Å²) in [4.78, 5) is 33.8. The van der Waals surface area contributed by atoms with Crippen LogP contribution in [0.25, 0.3) is 0 Å². The fraction of sp³-hybridized carbons (Fsp3) is 0.308. The summed E-state index contributed by atoms with van der Waals surface area (Å²) in [5, 5.41) is 20.5. The predicted molar refractivity (Wildman–Crippen MR) is 68.2 cm³/mol. The Morgan fingerprint density at radius 1 is 1.35 bits per heavy atom. The number of ether oxygens (including phenoxy) is 1. The number of aromatic hydroxyl groups is 1. The second kappa shape index (κ2) is 7.13. The molecular formula is C13H15NO6. The van der Waals surface area contributed by atoms with Gasteiger partial charge in [0.05, 0.1) is 7.11 Å². The third-order valence-corrected chi connectivity index (χ3v) is 2.58. The number of carbonyl (C=O) groups excluding carboxylic acids is 2. The molecule has 0 aromatic heterocycles. The van der Waals surface area contributed by atoms with E-state index in [9.17, 15) is 19.5 Å². The first kappa shape index (κ1) is 15.5. The molecule has 108 valence electrons. The molecule has 0 saturated carbocycles. The maximum atomic E-state index is 11.8. The van der Waals surface area contributed by atoms with Gasteiger partial charge < -0.3 is 20.3 Å². The third kappa shape index (κ3) is 4.60. The predicted octanol–water partition coefficient (Wildman–Crippen LogP) is 0.528. The summed E-state index contributed by atoms with van der Waals surface area (Å²) in [6.07, 6.45) is -0.194. The maximum absolute atomic E-state index is 11.8. The molecule has 1 aromatic carbocycles. The summed E-state index contributed by atoms with van der Waals surface area (Å²) in [5.74, 6) is -2.54. The van der Waals surface area contributed by atoms with E-state index in [0.29, 0.717) is 0 Å². The maximum Gasteiger partial charge on any atom is 0.326 e. The van der Waals surface area contributed by atoms with E-state index >= 15 is 0 Å². The molecule has 7 heteroatoms. The van der Waals surface area contributed by atoms with E-state index in [2.05, 4.69) is 10.1 Å². The van der Waals surface area contributed by atoms with Gasteiger partial charge in [0.15, 0.2) is 0 Å². The number of carboxylic acids is 1. The first-order chi connectivity index (χ1) is 9.43. The van der Waals surface area contributed by atoms with Gasteiger partial charge in [-0.25, -0.2) is 4.79 Å². The van der Waals surface area contributed by atoms with Crippen molar-refractivity contribution in [3.63, 3.8) is 0 Å². The fourth-order valence-corrected chi connectivity index (χ4v) is 1.51. The molecule has 3 N–H and O–H groups in total. The molecule has 0 aliphatic heterocycles. The first-order valence-corrected chi connectivity index (χ1v) is 5.83. The quantitative estimate of drug-likeness (QED) is 0.655. The van der Waals surface area contributed by atoms with Crippen LogP contribution in [0.1, 0.15) is 23.2 Å². The van der Waals surface area contributed by atoms with Gasteiger partial charge in [-0.15, -0.1) is 0 Å². The summed E-state index contributed by atoms with van der Waals surface area (Å²) in [7, 11) is 1.20. The van der Waals surface area contributed by atoms with E-state index in [1.807, 2.05) is 0 Å². The lowest BCUT2D eigenvalue weighted by molar-refractivity contribution is -0.142. The SMILES string of the molecule is COC(=O)CC[C@H](NC(=O)c1cccc(O)c1)C(=O)O. The summed E-state index contributed by atoms with van der Waals surface area (Å²) in [6.45, 7) is 0. The molecule has 0 aliphatic carbocycles. The summed E-state index contributed by atoms with van der Waals surface area (Å²) in [6, 6.07) is 4.31. The Morgan fingerprint density at radius 3 is 2.60 bits per heavy atom. The number of hydrogen-bond donors (Lipinski definition) is 3. The molecule has 0 unspecified atom stereocenters. The van der Waals surface area contributed by atoms with Crippen molar-refractivity contribution in [3.05, 3.63) is 29.8 Å². The average molecular weight is 281 g/mol. The van der Waals surface area contributed by atoms with Crippen LogP contribution in [-0.2, 0) is 14.3 Å². The Balaban J connectivity index is 2.68. The third-order valence-electron chi connectivity index (χ3n) is 2.58. The van der Waals surface area contributed by atoms with Crippen LogP contribution < -0.4 is 5.32 Å². The van der Waals surface area contributed by atoms with Crippen LogP contribution in [0.4, 0.5) is 0 Å². The summed E-state index contributed by atoms with van der Waals surface area (Å²) in [5.41, 5.74) is 0.134. The van der Waals surface area contributed by atoms with Crippen LogP contribution in [0.2, 0.25) is 0 Å². The van der Waals surface area contributed by atoms with Crippen LogP contribution >= 0.6 is 0 Å². The number of phenolic OH excluding ortho intramolecular Hbond substituents is 1. The number of amides is 1. The van der Waals surface area contributed by atoms with Crippen LogP contribution in [0.15, 0.2) is 24.3 Å². The van der Waals surface area contributed by atoms with Gasteiger partial charge >= 0.3 is 11.9 Å². The summed E-state index contributed by atoms with van der Waals surface area (Å²) < 4.78 is 4.41. The Hall–Kier alpha value is -2.57. The Kier molecular flexibility index (Phi) is 5.52. The fourth-order valence-electron chi connectivity index (χ4n) is 1.51. The van der Waals surface area contributed by atoms with E-state index in [0.717, 1.165) is 0 Å². The molecule has 0 fully saturated rings. The van der Waals surface area contributed by atoms with Gasteiger partial charge in [-0.2, -0.15) is 0 Å². The molecule has 1 atom stereocenters. The number of hydrogen-bond acceptors (Lipinski definition) is 5. The molecule has 1 rings (SSSR count). The molecule has 0 bridgehead atoms. The topological polar surface area (TPSA) is 113 Å². The number of carbonyl (C=O) groups is 3. The van der Waals surface area contributed by atoms with Gasteiger partial charge in [-0.05, 0) is 24.6 Å². The van der Waals surface area contributed by atoms with Crippen molar-refractivity contribution < 1.29 is 29.3 Å². The lowest BCUT2D eigenvalue weighted by Gasteiger charge is -2.14. The summed E-state index contributed by atoms with van der Waals surface area (Å²) >= 11 is 0. The molecule has 0 aliphatic rings. The van der Waals surface area contributed by atoms with Crippen molar-refractivity contribution in [1.29, 1.82) is 0 Å². The van der Waals surface area contributed by atoms with Crippen molar-refractivity contribution in [2.75, 3.05) is 7.11 Å². The minimum absolute atomic E-state index is 0.0768. The van der Waals surface area contributed by atoms with Crippen molar-refractivity contribution in [2.45, 2.75) is 18.9 Å². The van der Waals surface area contributed by atoms with Gasteiger partial charge in [0.2, 0.25) is 0 Å². The van der Waals surface area contributed by atoms with Gasteiger partial charge in [-0.1, -0.05) is 6.07 Å². The van der Waals surface area contributed by atoms with Crippen molar-refractivity contribution in [1.82, 2.24) is 5.32 Å². The second-order valence-electron chi connectivity index (χ2n) is 4.03. The number of phenols is 1. The van der Waals surface area contributed by atoms with Gasteiger partial charge in [-0.3, -0.25) is 9.59 Å². The second-order valence-corrected chi connectivity index (χ2v) is 4.03. The molecule has 20 heavy (non-hydrogen) atoms. The van der Waals surface area contributed by atoms with Crippen LogP contribution in [0, 0.1) is 0 Å². The minimum atomic E-state index is -1.25. The Bertz CT molecular complexity index is 513. The van der Waals surface area contributed by atoms with Crippen LogP contribution in [0.5, 0.6) is 5.75 Å². The number of esters is 1. The highest BCUT2D eigenvalue weighted by atomic mass is 16.5. The molecule has 0 radical (unpaired) electrons. The largest absolute Gasteiger partial charge is 0.508 e. The Labute approximate surface area is 115 Å². The number of aliphatic carboxylic acids is 1. The lowest BCUT2D eigenvalue weighted by atomic mass is 10.1. The van der Waals surface area contributed by atoms with Gasteiger partial charge in [0, 0.05) is 12.0 Å². The van der Waals surface area contributed by atoms with E-state index in [4.69, 9.17) is 5.11 Å². The van der Waals surface area contributed by atoms with E-state index in [-0.39, 0.29) is 24.2 Å². The number of benzene rings is 1.